The number of hydrogen-bond acceptors (Lipinski definition) is 2. The molecule has 1 aromatic carbocycles. The highest BCUT2D eigenvalue weighted by molar-refractivity contribution is 8.01. The van der Waals surface area contributed by atoms with E-state index in [0.29, 0.717) is 0 Å². The zero-order valence-corrected chi connectivity index (χ0v) is 9.74. The number of halogens is 2. The van der Waals surface area contributed by atoms with E-state index in [4.69, 9.17) is 0 Å². The molecular weight excluding hydrogens is 230 g/mol. The van der Waals surface area contributed by atoms with Crippen molar-refractivity contribution in [2.45, 2.75) is 24.5 Å². The lowest BCUT2D eigenvalue weighted by Crippen LogP contribution is -2.29. The maximum absolute atomic E-state index is 13.5. The first-order valence-electron chi connectivity index (χ1n) is 5.17. The summed E-state index contributed by atoms with van der Waals surface area (Å²) in [6.45, 7) is 1.83. The smallest absolute Gasteiger partial charge is 0.181 e. The van der Waals surface area contributed by atoms with Crippen molar-refractivity contribution in [3.63, 3.8) is 0 Å². The number of thioether (sulfide) groups is 1. The van der Waals surface area contributed by atoms with Gasteiger partial charge in [-0.25, -0.2) is 8.78 Å². The minimum Gasteiger partial charge on any atom is -0.293 e. The van der Waals surface area contributed by atoms with E-state index in [1.807, 2.05) is 6.92 Å². The highest BCUT2D eigenvalue weighted by atomic mass is 32.2. The van der Waals surface area contributed by atoms with E-state index in [9.17, 15) is 13.6 Å². The van der Waals surface area contributed by atoms with Crippen LogP contribution in [0.5, 0.6) is 0 Å². The van der Waals surface area contributed by atoms with Gasteiger partial charge >= 0.3 is 0 Å². The molecule has 4 heteroatoms. The maximum atomic E-state index is 13.5. The van der Waals surface area contributed by atoms with Crippen molar-refractivity contribution in [2.75, 3.05) is 5.75 Å². The lowest BCUT2D eigenvalue weighted by Gasteiger charge is -2.21. The standard InChI is InChI=1S/C12H12F2OS/c1-12(5-2-6-16-12)11(15)9-4-3-8(13)7-10(9)14/h3-4,7H,2,5-6H2,1H3. The second kappa shape index (κ2) is 4.17. The quantitative estimate of drug-likeness (QED) is 0.739. The van der Waals surface area contributed by atoms with E-state index in [1.54, 1.807) is 11.8 Å². The molecule has 0 aliphatic carbocycles. The Morgan fingerprint density at radius 3 is 2.75 bits per heavy atom. The van der Waals surface area contributed by atoms with Crippen molar-refractivity contribution in [2.24, 2.45) is 0 Å². The number of ketones is 1. The number of carbonyl (C=O) groups is 1. The van der Waals surface area contributed by atoms with Gasteiger partial charge in [0.1, 0.15) is 11.6 Å². The van der Waals surface area contributed by atoms with Gasteiger partial charge in [-0.3, -0.25) is 4.79 Å². The summed E-state index contributed by atoms with van der Waals surface area (Å²) in [4.78, 5) is 12.1. The molecule has 1 aromatic rings. The minimum atomic E-state index is -0.765. The SMILES string of the molecule is CC1(C(=O)c2ccc(F)cc2F)CCCS1. The Bertz CT molecular complexity index is 425. The molecule has 1 saturated heterocycles. The number of Topliss-reactive ketones (excluding diaryl/α,β-unsaturated/α-hetero) is 1. The molecule has 86 valence electrons. The van der Waals surface area contributed by atoms with E-state index in [2.05, 4.69) is 0 Å². The first kappa shape index (κ1) is 11.6. The third kappa shape index (κ3) is 1.98. The molecule has 0 amide bonds. The van der Waals surface area contributed by atoms with Crippen LogP contribution in [0, 0.1) is 11.6 Å². The molecule has 1 atom stereocenters. The van der Waals surface area contributed by atoms with E-state index >= 15 is 0 Å². The van der Waals surface area contributed by atoms with Gasteiger partial charge in [-0.05, 0) is 37.7 Å². The lowest BCUT2D eigenvalue weighted by atomic mass is 9.94. The van der Waals surface area contributed by atoms with Crippen LogP contribution in [0.15, 0.2) is 18.2 Å². The zero-order valence-electron chi connectivity index (χ0n) is 8.93. The topological polar surface area (TPSA) is 17.1 Å². The number of rotatable bonds is 2. The van der Waals surface area contributed by atoms with Gasteiger partial charge in [0.25, 0.3) is 0 Å². The Labute approximate surface area is 97.2 Å². The summed E-state index contributed by atoms with van der Waals surface area (Å²) in [5, 5.41) is 0. The molecule has 1 aliphatic rings. The van der Waals surface area contributed by atoms with E-state index in [1.165, 1.54) is 6.07 Å². The molecule has 2 rings (SSSR count). The van der Waals surface area contributed by atoms with Crippen molar-refractivity contribution in [3.05, 3.63) is 35.4 Å². The normalized spacial score (nSPS) is 24.7. The minimum absolute atomic E-state index is 0.00157. The second-order valence-corrected chi connectivity index (χ2v) is 5.73. The van der Waals surface area contributed by atoms with Gasteiger partial charge in [0.05, 0.1) is 10.3 Å². The van der Waals surface area contributed by atoms with Gasteiger partial charge in [0, 0.05) is 6.07 Å². The zero-order chi connectivity index (χ0) is 11.8. The fraction of sp³-hybridized carbons (Fsp3) is 0.417. The molecule has 16 heavy (non-hydrogen) atoms. The highest BCUT2D eigenvalue weighted by Gasteiger charge is 2.38. The van der Waals surface area contributed by atoms with Crippen molar-refractivity contribution >= 4 is 17.5 Å². The molecule has 1 aliphatic heterocycles. The molecule has 0 aromatic heterocycles. The third-order valence-corrected chi connectivity index (χ3v) is 4.39. The molecular formula is C12H12F2OS. The Hall–Kier alpha value is -0.900. The van der Waals surface area contributed by atoms with Crippen LogP contribution in [0.4, 0.5) is 8.78 Å². The average molecular weight is 242 g/mol. The molecule has 0 saturated carbocycles. The van der Waals surface area contributed by atoms with Crippen LogP contribution in [-0.2, 0) is 0 Å². The van der Waals surface area contributed by atoms with Crippen LogP contribution in [0.2, 0.25) is 0 Å². The molecule has 0 N–H and O–H groups in total. The summed E-state index contributed by atoms with van der Waals surface area (Å²) in [6, 6.07) is 3.12. The average Bonchev–Trinajstić information content (AvgIpc) is 2.66. The summed E-state index contributed by atoms with van der Waals surface area (Å²) in [6.07, 6.45) is 1.73. The van der Waals surface area contributed by atoms with Gasteiger partial charge in [-0.2, -0.15) is 0 Å². The van der Waals surface area contributed by atoms with Crippen LogP contribution in [0.25, 0.3) is 0 Å². The molecule has 1 fully saturated rings. The second-order valence-electron chi connectivity index (χ2n) is 4.14. The van der Waals surface area contributed by atoms with Crippen LogP contribution < -0.4 is 0 Å². The first-order chi connectivity index (χ1) is 7.53. The fourth-order valence-electron chi connectivity index (χ4n) is 1.92. The summed E-state index contributed by atoms with van der Waals surface area (Å²) < 4.78 is 25.6. The van der Waals surface area contributed by atoms with Gasteiger partial charge in [0.15, 0.2) is 5.78 Å². The predicted octanol–water partition coefficient (Wildman–Crippen LogP) is 3.43. The van der Waals surface area contributed by atoms with Gasteiger partial charge in [0.2, 0.25) is 0 Å². The Morgan fingerprint density at radius 1 is 1.44 bits per heavy atom. The van der Waals surface area contributed by atoms with E-state index < -0.39 is 16.4 Å². The molecule has 0 bridgehead atoms. The summed E-state index contributed by atoms with van der Waals surface area (Å²) in [5.41, 5.74) is -0.00157. The molecule has 1 heterocycles. The van der Waals surface area contributed by atoms with Crippen molar-refractivity contribution in [3.8, 4) is 0 Å². The lowest BCUT2D eigenvalue weighted by molar-refractivity contribution is 0.0945. The molecule has 1 nitrogen and oxygen atoms in total. The summed E-state index contributed by atoms with van der Waals surface area (Å²) in [5.74, 6) is -0.727. The number of carbonyl (C=O) groups excluding carboxylic acids is 1. The maximum Gasteiger partial charge on any atom is 0.181 e. The van der Waals surface area contributed by atoms with Crippen molar-refractivity contribution in [1.82, 2.24) is 0 Å². The Balaban J connectivity index is 2.33. The van der Waals surface area contributed by atoms with E-state index in [-0.39, 0.29) is 11.3 Å². The molecule has 1 unspecified atom stereocenters. The van der Waals surface area contributed by atoms with Crippen LogP contribution in [-0.4, -0.2) is 16.3 Å². The molecule has 0 spiro atoms. The van der Waals surface area contributed by atoms with E-state index in [0.717, 1.165) is 30.7 Å². The van der Waals surface area contributed by atoms with Gasteiger partial charge < -0.3 is 0 Å². The first-order valence-corrected chi connectivity index (χ1v) is 6.15. The monoisotopic (exact) mass is 242 g/mol. The molecule has 0 radical (unpaired) electrons. The number of benzene rings is 1. The fourth-order valence-corrected chi connectivity index (χ4v) is 3.19. The van der Waals surface area contributed by atoms with Crippen LogP contribution >= 0.6 is 11.8 Å². The Kier molecular flexibility index (Phi) is 3.02. The number of hydrogen-bond donors (Lipinski definition) is 0. The van der Waals surface area contributed by atoms with Crippen LogP contribution in [0.3, 0.4) is 0 Å². The highest BCUT2D eigenvalue weighted by Crippen LogP contribution is 2.40. The van der Waals surface area contributed by atoms with Crippen LogP contribution in [0.1, 0.15) is 30.1 Å². The summed E-state index contributed by atoms with van der Waals surface area (Å²) >= 11 is 1.55. The largest absolute Gasteiger partial charge is 0.293 e. The van der Waals surface area contributed by atoms with Gasteiger partial charge in [-0.1, -0.05) is 0 Å². The van der Waals surface area contributed by atoms with Crippen molar-refractivity contribution < 1.29 is 13.6 Å². The predicted molar refractivity (Wildman–Crippen MR) is 60.8 cm³/mol. The van der Waals surface area contributed by atoms with Crippen molar-refractivity contribution in [1.29, 1.82) is 0 Å². The van der Waals surface area contributed by atoms with Gasteiger partial charge in [-0.15, -0.1) is 11.8 Å². The Morgan fingerprint density at radius 2 is 2.19 bits per heavy atom. The third-order valence-electron chi connectivity index (χ3n) is 2.87. The summed E-state index contributed by atoms with van der Waals surface area (Å²) in [7, 11) is 0.